The number of unbranched alkanes of at least 4 members (excludes halogenated alkanes) is 4. The third kappa shape index (κ3) is 8.12. The topological polar surface area (TPSA) is 96.5 Å². The summed E-state index contributed by atoms with van der Waals surface area (Å²) in [5, 5.41) is 7.98. The molecule has 3 N–H and O–H groups in total. The number of nitrogens with one attached hydrogen (secondary N) is 3. The van der Waals surface area contributed by atoms with Crippen molar-refractivity contribution in [2.75, 3.05) is 19.0 Å². The quantitative estimate of drug-likeness (QED) is 0.378. The van der Waals surface area contributed by atoms with Crippen molar-refractivity contribution < 1.29 is 19.1 Å². The van der Waals surface area contributed by atoms with Crippen molar-refractivity contribution in [2.45, 2.75) is 45.6 Å². The van der Waals surface area contributed by atoms with E-state index in [0.29, 0.717) is 18.8 Å². The Kier molecular flexibility index (Phi) is 10.1. The molecule has 0 aliphatic heterocycles. The number of amides is 3. The van der Waals surface area contributed by atoms with Crippen molar-refractivity contribution in [3.05, 3.63) is 59.7 Å². The van der Waals surface area contributed by atoms with Crippen molar-refractivity contribution >= 4 is 23.4 Å². The first-order valence-electron chi connectivity index (χ1n) is 10.6. The first-order chi connectivity index (χ1) is 15.0. The van der Waals surface area contributed by atoms with Gasteiger partial charge in [-0.25, -0.2) is 0 Å². The summed E-state index contributed by atoms with van der Waals surface area (Å²) < 4.78 is 5.19. The summed E-state index contributed by atoms with van der Waals surface area (Å²) >= 11 is 0. The molecule has 0 bridgehead atoms. The third-order valence-electron chi connectivity index (χ3n) is 4.78. The van der Waals surface area contributed by atoms with Crippen LogP contribution in [0.25, 0.3) is 0 Å². The third-order valence-corrected chi connectivity index (χ3v) is 4.78. The first-order valence-corrected chi connectivity index (χ1v) is 10.6. The Morgan fingerprint density at radius 1 is 0.871 bits per heavy atom. The lowest BCUT2D eigenvalue weighted by molar-refractivity contribution is -0.136. The van der Waals surface area contributed by atoms with Gasteiger partial charge in [-0.3, -0.25) is 14.4 Å². The SMILES string of the molecule is CCCCCCCNC(=O)C(=O)Nc1ccccc1C(=O)NCc1cccc(OC)c1. The average Bonchev–Trinajstić information content (AvgIpc) is 2.80. The minimum atomic E-state index is -0.790. The number of benzene rings is 2. The number of hydrogen-bond acceptors (Lipinski definition) is 4. The number of anilines is 1. The van der Waals surface area contributed by atoms with Crippen LogP contribution in [0.1, 0.15) is 54.9 Å². The fourth-order valence-electron chi connectivity index (χ4n) is 3.04. The summed E-state index contributed by atoms with van der Waals surface area (Å²) in [7, 11) is 1.58. The summed E-state index contributed by atoms with van der Waals surface area (Å²) in [4.78, 5) is 36.9. The molecule has 0 atom stereocenters. The van der Waals surface area contributed by atoms with Gasteiger partial charge in [-0.05, 0) is 36.2 Å². The lowest BCUT2D eigenvalue weighted by atomic mass is 10.1. The van der Waals surface area contributed by atoms with Gasteiger partial charge in [0, 0.05) is 13.1 Å². The highest BCUT2D eigenvalue weighted by molar-refractivity contribution is 6.40. The van der Waals surface area contributed by atoms with Gasteiger partial charge in [-0.1, -0.05) is 56.9 Å². The van der Waals surface area contributed by atoms with E-state index in [4.69, 9.17) is 4.74 Å². The second kappa shape index (κ2) is 13.1. The molecule has 0 saturated heterocycles. The zero-order valence-electron chi connectivity index (χ0n) is 18.2. The molecule has 0 fully saturated rings. The maximum Gasteiger partial charge on any atom is 0.313 e. The molecule has 2 aromatic carbocycles. The Balaban J connectivity index is 1.89. The number of rotatable bonds is 11. The highest BCUT2D eigenvalue weighted by Crippen LogP contribution is 2.16. The molecule has 3 amide bonds. The van der Waals surface area contributed by atoms with Crippen molar-refractivity contribution in [1.29, 1.82) is 0 Å². The van der Waals surface area contributed by atoms with E-state index in [1.54, 1.807) is 31.4 Å². The zero-order valence-corrected chi connectivity index (χ0v) is 18.2. The smallest absolute Gasteiger partial charge is 0.313 e. The number of para-hydroxylation sites is 1. The molecule has 2 aromatic rings. The molecule has 2 rings (SSSR count). The van der Waals surface area contributed by atoms with Gasteiger partial charge in [0.1, 0.15) is 5.75 Å². The van der Waals surface area contributed by atoms with Crippen molar-refractivity contribution in [2.24, 2.45) is 0 Å². The largest absolute Gasteiger partial charge is 0.497 e. The fraction of sp³-hybridized carbons (Fsp3) is 0.375. The van der Waals surface area contributed by atoms with Gasteiger partial charge in [-0.2, -0.15) is 0 Å². The Hall–Kier alpha value is -3.35. The van der Waals surface area contributed by atoms with Crippen LogP contribution in [0.15, 0.2) is 48.5 Å². The lowest BCUT2D eigenvalue weighted by Gasteiger charge is -2.12. The first kappa shape index (κ1) is 23.9. The standard InChI is InChI=1S/C24H31N3O4/c1-3-4-5-6-9-15-25-23(29)24(30)27-21-14-8-7-13-20(21)22(28)26-17-18-11-10-12-19(16-18)31-2/h7-8,10-14,16H,3-6,9,15,17H2,1-2H3,(H,25,29)(H,26,28)(H,27,30). The van der Waals surface area contributed by atoms with Gasteiger partial charge >= 0.3 is 11.8 Å². The maximum atomic E-state index is 12.6. The molecule has 0 aliphatic carbocycles. The number of hydrogen-bond donors (Lipinski definition) is 3. The fourth-order valence-corrected chi connectivity index (χ4v) is 3.04. The van der Waals surface area contributed by atoms with Gasteiger partial charge in [0.2, 0.25) is 0 Å². The van der Waals surface area contributed by atoms with E-state index in [2.05, 4.69) is 22.9 Å². The summed E-state index contributed by atoms with van der Waals surface area (Å²) in [6.07, 6.45) is 5.30. The molecular weight excluding hydrogens is 394 g/mol. The molecule has 0 saturated carbocycles. The van der Waals surface area contributed by atoms with E-state index < -0.39 is 11.8 Å². The predicted molar refractivity (Wildman–Crippen MR) is 121 cm³/mol. The molecule has 0 heterocycles. The minimum Gasteiger partial charge on any atom is -0.497 e. The van der Waals surface area contributed by atoms with Crippen LogP contribution in [-0.2, 0) is 16.1 Å². The molecule has 7 nitrogen and oxygen atoms in total. The van der Waals surface area contributed by atoms with Crippen LogP contribution in [0.2, 0.25) is 0 Å². The normalized spacial score (nSPS) is 10.3. The van der Waals surface area contributed by atoms with Gasteiger partial charge in [-0.15, -0.1) is 0 Å². The van der Waals surface area contributed by atoms with Crippen LogP contribution >= 0.6 is 0 Å². The summed E-state index contributed by atoms with van der Waals surface area (Å²) in [6.45, 7) is 2.90. The van der Waals surface area contributed by atoms with E-state index in [1.807, 2.05) is 24.3 Å². The van der Waals surface area contributed by atoms with Crippen LogP contribution < -0.4 is 20.7 Å². The molecule has 0 spiro atoms. The van der Waals surface area contributed by atoms with Crippen LogP contribution in [0.3, 0.4) is 0 Å². The summed E-state index contributed by atoms with van der Waals surface area (Å²) in [6, 6.07) is 14.0. The monoisotopic (exact) mass is 425 g/mol. The Bertz CT molecular complexity index is 883. The molecule has 166 valence electrons. The lowest BCUT2D eigenvalue weighted by Crippen LogP contribution is -2.36. The maximum absolute atomic E-state index is 12.6. The van der Waals surface area contributed by atoms with Gasteiger partial charge < -0.3 is 20.7 Å². The van der Waals surface area contributed by atoms with Crippen molar-refractivity contribution in [3.63, 3.8) is 0 Å². The number of carbonyl (C=O) groups excluding carboxylic acids is 3. The Labute approximate surface area is 183 Å². The summed E-state index contributed by atoms with van der Waals surface area (Å²) in [5.41, 5.74) is 1.45. The second-order valence-corrected chi connectivity index (χ2v) is 7.20. The number of ether oxygens (including phenoxy) is 1. The van der Waals surface area contributed by atoms with Crippen molar-refractivity contribution in [3.8, 4) is 5.75 Å². The average molecular weight is 426 g/mol. The zero-order chi connectivity index (χ0) is 22.5. The van der Waals surface area contributed by atoms with Crippen molar-refractivity contribution in [1.82, 2.24) is 10.6 Å². The molecular formula is C24H31N3O4. The Morgan fingerprint density at radius 2 is 1.65 bits per heavy atom. The highest BCUT2D eigenvalue weighted by atomic mass is 16.5. The number of carbonyl (C=O) groups is 3. The minimum absolute atomic E-state index is 0.283. The van der Waals surface area contributed by atoms with Crippen LogP contribution in [0, 0.1) is 0 Å². The van der Waals surface area contributed by atoms with E-state index in [9.17, 15) is 14.4 Å². The predicted octanol–water partition coefficient (Wildman–Crippen LogP) is 3.65. The highest BCUT2D eigenvalue weighted by Gasteiger charge is 2.17. The van der Waals surface area contributed by atoms with E-state index in [0.717, 1.165) is 31.2 Å². The molecule has 0 aliphatic rings. The second-order valence-electron chi connectivity index (χ2n) is 7.20. The van der Waals surface area contributed by atoms with Crippen LogP contribution in [0.5, 0.6) is 5.75 Å². The molecule has 0 radical (unpaired) electrons. The van der Waals surface area contributed by atoms with Gasteiger partial charge in [0.05, 0.1) is 18.4 Å². The number of methoxy groups -OCH3 is 1. The molecule has 7 heteroatoms. The summed E-state index contributed by atoms with van der Waals surface area (Å²) in [5.74, 6) is -1.14. The van der Waals surface area contributed by atoms with E-state index >= 15 is 0 Å². The van der Waals surface area contributed by atoms with Crippen LogP contribution in [0.4, 0.5) is 5.69 Å². The van der Waals surface area contributed by atoms with Crippen LogP contribution in [-0.4, -0.2) is 31.4 Å². The van der Waals surface area contributed by atoms with Gasteiger partial charge in [0.15, 0.2) is 0 Å². The Morgan fingerprint density at radius 3 is 2.42 bits per heavy atom. The molecule has 0 unspecified atom stereocenters. The van der Waals surface area contributed by atoms with E-state index in [1.165, 1.54) is 6.42 Å². The molecule has 0 aromatic heterocycles. The van der Waals surface area contributed by atoms with Gasteiger partial charge in [0.25, 0.3) is 5.91 Å². The molecule has 31 heavy (non-hydrogen) atoms. The van der Waals surface area contributed by atoms with E-state index in [-0.39, 0.29) is 17.2 Å².